The molecule has 0 bridgehead atoms. The van der Waals surface area contributed by atoms with E-state index in [0.717, 1.165) is 35.7 Å². The molecular weight excluding hydrogens is 424 g/mol. The number of carbonyl (C=O) groups is 2. The van der Waals surface area contributed by atoms with E-state index >= 15 is 0 Å². The summed E-state index contributed by atoms with van der Waals surface area (Å²) in [4.78, 5) is 31.4. The summed E-state index contributed by atoms with van der Waals surface area (Å²) in [6.07, 6.45) is 7.25. The zero-order valence-electron chi connectivity index (χ0n) is 16.2. The van der Waals surface area contributed by atoms with E-state index in [1.165, 1.54) is 29.6 Å². The number of hydrogen-bond donors (Lipinski definition) is 2. The highest BCUT2D eigenvalue weighted by atomic mass is 32.1. The van der Waals surface area contributed by atoms with Crippen molar-refractivity contribution in [1.82, 2.24) is 30.4 Å². The summed E-state index contributed by atoms with van der Waals surface area (Å²) in [5, 5.41) is 24.9. The molecule has 2 atom stereocenters. The van der Waals surface area contributed by atoms with Gasteiger partial charge in [0.1, 0.15) is 15.8 Å². The molecule has 2 amide bonds. The predicted molar refractivity (Wildman–Crippen MR) is 112 cm³/mol. The topological polar surface area (TPSA) is 136 Å². The van der Waals surface area contributed by atoms with Gasteiger partial charge in [-0.1, -0.05) is 22.7 Å². The summed E-state index contributed by atoms with van der Waals surface area (Å²) in [6, 6.07) is 1.71. The normalized spacial score (nSPS) is 18.3. The molecule has 156 valence electrons. The van der Waals surface area contributed by atoms with Crippen LogP contribution in [0.15, 0.2) is 18.5 Å². The Morgan fingerprint density at radius 2 is 1.80 bits per heavy atom. The minimum absolute atomic E-state index is 0.0996. The maximum absolute atomic E-state index is 12.1. The standard InChI is InChI=1S/C18H20N8O2S2/c1-10(27)21-17-26-24-16(30-17)12-4-3-11(7-12)8-15-23-25-18(29-15)22-14(28)9-13-19-5-2-6-20-13/h2,5-6,11-12H,3-4,7-9H2,1H3,(H,21,26,27)(H,22,25,28)/t11-,12+/m0/s1. The average molecular weight is 445 g/mol. The van der Waals surface area contributed by atoms with E-state index in [1.807, 2.05) is 0 Å². The first-order valence-electron chi connectivity index (χ1n) is 9.54. The fourth-order valence-corrected chi connectivity index (χ4v) is 5.25. The van der Waals surface area contributed by atoms with Crippen LogP contribution in [0.5, 0.6) is 0 Å². The van der Waals surface area contributed by atoms with Crippen molar-refractivity contribution in [3.63, 3.8) is 0 Å². The zero-order valence-corrected chi connectivity index (χ0v) is 17.9. The lowest BCUT2D eigenvalue weighted by molar-refractivity contribution is -0.116. The Bertz CT molecular complexity index is 1020. The number of nitrogens with zero attached hydrogens (tertiary/aromatic N) is 6. The molecule has 2 N–H and O–H groups in total. The highest BCUT2D eigenvalue weighted by Crippen LogP contribution is 2.41. The number of rotatable bonds is 7. The smallest absolute Gasteiger partial charge is 0.233 e. The summed E-state index contributed by atoms with van der Waals surface area (Å²) in [7, 11) is 0. The first kappa shape index (κ1) is 20.4. The van der Waals surface area contributed by atoms with Gasteiger partial charge < -0.3 is 10.6 Å². The molecule has 0 saturated heterocycles. The second kappa shape index (κ2) is 9.30. The fraction of sp³-hybridized carbons (Fsp3) is 0.444. The molecule has 1 saturated carbocycles. The fourth-order valence-electron chi connectivity index (χ4n) is 3.45. The summed E-state index contributed by atoms with van der Waals surface area (Å²) in [6.45, 7) is 1.46. The van der Waals surface area contributed by atoms with Gasteiger partial charge in [-0.05, 0) is 31.2 Å². The molecule has 3 aromatic rings. The van der Waals surface area contributed by atoms with Crippen molar-refractivity contribution in [3.8, 4) is 0 Å². The van der Waals surface area contributed by atoms with Crippen molar-refractivity contribution in [3.05, 3.63) is 34.3 Å². The highest BCUT2D eigenvalue weighted by Gasteiger charge is 2.29. The van der Waals surface area contributed by atoms with E-state index in [1.54, 1.807) is 18.5 Å². The Labute approximate surface area is 180 Å². The molecule has 1 aliphatic rings. The van der Waals surface area contributed by atoms with Gasteiger partial charge in [-0.3, -0.25) is 9.59 Å². The van der Waals surface area contributed by atoms with Crippen LogP contribution >= 0.6 is 22.7 Å². The van der Waals surface area contributed by atoms with Crippen LogP contribution in [0.1, 0.15) is 47.9 Å². The maximum atomic E-state index is 12.1. The van der Waals surface area contributed by atoms with Crippen molar-refractivity contribution in [2.45, 2.75) is 44.9 Å². The summed E-state index contributed by atoms with van der Waals surface area (Å²) in [5.74, 6) is 0.953. The van der Waals surface area contributed by atoms with E-state index in [0.29, 0.717) is 27.9 Å². The van der Waals surface area contributed by atoms with Crippen LogP contribution in [0.4, 0.5) is 10.3 Å². The summed E-state index contributed by atoms with van der Waals surface area (Å²) >= 11 is 2.84. The van der Waals surface area contributed by atoms with E-state index in [2.05, 4.69) is 41.0 Å². The quantitative estimate of drug-likeness (QED) is 0.567. The molecule has 4 rings (SSSR count). The Kier molecular flexibility index (Phi) is 6.33. The molecule has 0 aromatic carbocycles. The molecule has 0 aliphatic heterocycles. The van der Waals surface area contributed by atoms with Crippen LogP contribution in [-0.2, 0) is 22.4 Å². The van der Waals surface area contributed by atoms with E-state index in [9.17, 15) is 9.59 Å². The summed E-state index contributed by atoms with van der Waals surface area (Å²) < 4.78 is 0. The minimum atomic E-state index is -0.212. The van der Waals surface area contributed by atoms with Crippen molar-refractivity contribution < 1.29 is 9.59 Å². The molecule has 10 nitrogen and oxygen atoms in total. The first-order valence-corrected chi connectivity index (χ1v) is 11.2. The van der Waals surface area contributed by atoms with Crippen molar-refractivity contribution in [2.24, 2.45) is 5.92 Å². The molecule has 0 unspecified atom stereocenters. The van der Waals surface area contributed by atoms with Crippen LogP contribution in [0, 0.1) is 5.92 Å². The number of anilines is 2. The Morgan fingerprint density at radius 3 is 2.60 bits per heavy atom. The molecule has 3 aromatic heterocycles. The number of aromatic nitrogens is 6. The summed E-state index contributed by atoms with van der Waals surface area (Å²) in [5.41, 5.74) is 0. The van der Waals surface area contributed by atoms with E-state index in [-0.39, 0.29) is 18.2 Å². The molecular formula is C18H20N8O2S2. The first-order chi connectivity index (χ1) is 14.5. The highest BCUT2D eigenvalue weighted by molar-refractivity contribution is 7.15. The third kappa shape index (κ3) is 5.39. The van der Waals surface area contributed by atoms with Crippen LogP contribution < -0.4 is 10.6 Å². The minimum Gasteiger partial charge on any atom is -0.301 e. The third-order valence-electron chi connectivity index (χ3n) is 4.73. The van der Waals surface area contributed by atoms with Crippen molar-refractivity contribution >= 4 is 44.8 Å². The van der Waals surface area contributed by atoms with Gasteiger partial charge in [0.15, 0.2) is 0 Å². The van der Waals surface area contributed by atoms with E-state index < -0.39 is 0 Å². The lowest BCUT2D eigenvalue weighted by Gasteiger charge is -2.06. The SMILES string of the molecule is CC(=O)Nc1nnc([C@@H]2CC[C@H](Cc3nnc(NC(=O)Cc4ncccn4)s3)C2)s1. The van der Waals surface area contributed by atoms with Gasteiger partial charge in [-0.15, -0.1) is 20.4 Å². The van der Waals surface area contributed by atoms with Gasteiger partial charge in [0.25, 0.3) is 0 Å². The molecule has 30 heavy (non-hydrogen) atoms. The predicted octanol–water partition coefficient (Wildman–Crippen LogP) is 2.45. The van der Waals surface area contributed by atoms with Crippen LogP contribution in [-0.4, -0.2) is 42.2 Å². The number of hydrogen-bond acceptors (Lipinski definition) is 10. The molecule has 0 spiro atoms. The van der Waals surface area contributed by atoms with Gasteiger partial charge in [0, 0.05) is 31.7 Å². The molecule has 1 aliphatic carbocycles. The molecule has 12 heteroatoms. The van der Waals surface area contributed by atoms with Gasteiger partial charge >= 0.3 is 0 Å². The number of nitrogens with one attached hydrogen (secondary N) is 2. The van der Waals surface area contributed by atoms with Crippen molar-refractivity contribution in [1.29, 1.82) is 0 Å². The van der Waals surface area contributed by atoms with Crippen LogP contribution in [0.3, 0.4) is 0 Å². The Morgan fingerprint density at radius 1 is 1.03 bits per heavy atom. The Hall–Kier alpha value is -2.86. The van der Waals surface area contributed by atoms with Crippen LogP contribution in [0.25, 0.3) is 0 Å². The van der Waals surface area contributed by atoms with Crippen LogP contribution in [0.2, 0.25) is 0 Å². The second-order valence-corrected chi connectivity index (χ2v) is 9.17. The molecule has 1 fully saturated rings. The maximum Gasteiger partial charge on any atom is 0.233 e. The second-order valence-electron chi connectivity index (χ2n) is 7.10. The van der Waals surface area contributed by atoms with Gasteiger partial charge in [-0.25, -0.2) is 9.97 Å². The monoisotopic (exact) mass is 444 g/mol. The lowest BCUT2D eigenvalue weighted by Crippen LogP contribution is -2.15. The Balaban J connectivity index is 1.27. The number of carbonyl (C=O) groups excluding carboxylic acids is 2. The van der Waals surface area contributed by atoms with Crippen molar-refractivity contribution in [2.75, 3.05) is 10.6 Å². The number of amides is 2. The average Bonchev–Trinajstić information content (AvgIpc) is 3.44. The molecule has 0 radical (unpaired) electrons. The molecule has 3 heterocycles. The van der Waals surface area contributed by atoms with Gasteiger partial charge in [-0.2, -0.15) is 0 Å². The largest absolute Gasteiger partial charge is 0.301 e. The third-order valence-corrected chi connectivity index (χ3v) is 6.59. The lowest BCUT2D eigenvalue weighted by atomic mass is 10.0. The zero-order chi connectivity index (χ0) is 20.9. The van der Waals surface area contributed by atoms with Gasteiger partial charge in [0.2, 0.25) is 22.1 Å². The van der Waals surface area contributed by atoms with E-state index in [4.69, 9.17) is 0 Å². The van der Waals surface area contributed by atoms with Gasteiger partial charge in [0.05, 0.1) is 6.42 Å².